The van der Waals surface area contributed by atoms with Gasteiger partial charge < -0.3 is 14.5 Å². The summed E-state index contributed by atoms with van der Waals surface area (Å²) in [6, 6.07) is 15.1. The van der Waals surface area contributed by atoms with Crippen LogP contribution >= 0.6 is 11.6 Å². The number of hydrogen-bond donors (Lipinski definition) is 1. The molecular formula is C23H20ClN3O3. The standard InChI is InChI=1S/C23H20ClN3O3/c24-19-7-17(10-25-22(19)29)23(30)26-11-14-6-18(13-26)20-8-16(9-21(28)27(20)12-14)15-4-2-1-3-5-15/h1-5,7-10,14,18H,6,11-13H2,(H,25,29)/t14-,18+/m0/s1. The van der Waals surface area contributed by atoms with Gasteiger partial charge in [-0.05, 0) is 35.6 Å². The molecule has 0 saturated carbocycles. The van der Waals surface area contributed by atoms with E-state index in [1.165, 1.54) is 12.3 Å². The summed E-state index contributed by atoms with van der Waals surface area (Å²) in [7, 11) is 0. The molecule has 1 fully saturated rings. The Bertz CT molecular complexity index is 1250. The van der Waals surface area contributed by atoms with E-state index in [4.69, 9.17) is 11.6 Å². The fourth-order valence-electron chi connectivity index (χ4n) is 4.68. The molecule has 1 aromatic carbocycles. The van der Waals surface area contributed by atoms with Crippen molar-refractivity contribution in [3.8, 4) is 11.1 Å². The van der Waals surface area contributed by atoms with Gasteiger partial charge in [0, 0.05) is 43.5 Å². The molecule has 2 aromatic heterocycles. The molecule has 0 spiro atoms. The summed E-state index contributed by atoms with van der Waals surface area (Å²) in [5.74, 6) is 0.160. The first-order valence-electron chi connectivity index (χ1n) is 9.97. The molecule has 0 radical (unpaired) electrons. The minimum Gasteiger partial charge on any atom is -0.338 e. The number of pyridine rings is 2. The Labute approximate surface area is 177 Å². The average Bonchev–Trinajstić information content (AvgIpc) is 2.76. The summed E-state index contributed by atoms with van der Waals surface area (Å²) in [6.07, 6.45) is 2.36. The summed E-state index contributed by atoms with van der Waals surface area (Å²) in [5, 5.41) is 0.00227. The van der Waals surface area contributed by atoms with Gasteiger partial charge in [-0.25, -0.2) is 0 Å². The van der Waals surface area contributed by atoms with Gasteiger partial charge >= 0.3 is 0 Å². The normalized spacial score (nSPS) is 20.0. The van der Waals surface area contributed by atoms with E-state index in [-0.39, 0.29) is 28.3 Å². The van der Waals surface area contributed by atoms with Gasteiger partial charge in [0.15, 0.2) is 0 Å². The van der Waals surface area contributed by atoms with Gasteiger partial charge in [0.2, 0.25) is 0 Å². The molecule has 3 aromatic rings. The number of rotatable bonds is 2. The smallest absolute Gasteiger partial charge is 0.266 e. The maximum Gasteiger partial charge on any atom is 0.266 e. The highest BCUT2D eigenvalue weighted by Crippen LogP contribution is 2.37. The van der Waals surface area contributed by atoms with E-state index in [1.807, 2.05) is 39.8 Å². The van der Waals surface area contributed by atoms with Crippen LogP contribution in [-0.2, 0) is 6.54 Å². The number of hydrogen-bond acceptors (Lipinski definition) is 3. The van der Waals surface area contributed by atoms with Gasteiger partial charge in [0.25, 0.3) is 17.0 Å². The van der Waals surface area contributed by atoms with E-state index in [9.17, 15) is 14.4 Å². The second kappa shape index (κ2) is 7.29. The molecule has 0 aliphatic carbocycles. The molecule has 30 heavy (non-hydrogen) atoms. The highest BCUT2D eigenvalue weighted by molar-refractivity contribution is 6.30. The van der Waals surface area contributed by atoms with E-state index in [0.717, 1.165) is 23.2 Å². The Hall–Kier alpha value is -3.12. The van der Waals surface area contributed by atoms with Crippen molar-refractivity contribution in [2.24, 2.45) is 5.92 Å². The molecular weight excluding hydrogens is 402 g/mol. The van der Waals surface area contributed by atoms with Gasteiger partial charge in [-0.15, -0.1) is 0 Å². The largest absolute Gasteiger partial charge is 0.338 e. The number of aromatic amines is 1. The van der Waals surface area contributed by atoms with E-state index in [2.05, 4.69) is 11.1 Å². The minimum absolute atomic E-state index is 0.00227. The molecule has 4 heterocycles. The quantitative estimate of drug-likeness (QED) is 0.690. The van der Waals surface area contributed by atoms with Crippen LogP contribution in [-0.4, -0.2) is 33.4 Å². The van der Waals surface area contributed by atoms with Crippen molar-refractivity contribution < 1.29 is 4.79 Å². The number of piperidine rings is 1. The molecule has 0 unspecified atom stereocenters. The second-order valence-corrected chi connectivity index (χ2v) is 8.47. The van der Waals surface area contributed by atoms with Crippen molar-refractivity contribution in [2.75, 3.05) is 13.1 Å². The highest BCUT2D eigenvalue weighted by Gasteiger charge is 2.37. The third-order valence-corrected chi connectivity index (χ3v) is 6.34. The number of nitrogens with one attached hydrogen (secondary N) is 1. The number of aromatic nitrogens is 2. The topological polar surface area (TPSA) is 75.2 Å². The first kappa shape index (κ1) is 18.9. The molecule has 152 valence electrons. The van der Waals surface area contributed by atoms with Crippen LogP contribution < -0.4 is 11.1 Å². The summed E-state index contributed by atoms with van der Waals surface area (Å²) in [5.41, 5.74) is 2.86. The molecule has 1 amide bonds. The lowest BCUT2D eigenvalue weighted by Gasteiger charge is -2.43. The van der Waals surface area contributed by atoms with Crippen LogP contribution in [0.1, 0.15) is 28.4 Å². The van der Waals surface area contributed by atoms with Gasteiger partial charge in [0.1, 0.15) is 5.02 Å². The van der Waals surface area contributed by atoms with Crippen molar-refractivity contribution in [1.29, 1.82) is 0 Å². The van der Waals surface area contributed by atoms with Crippen LogP contribution in [0.2, 0.25) is 5.02 Å². The summed E-state index contributed by atoms with van der Waals surface area (Å²) in [6.45, 7) is 1.72. The third-order valence-electron chi connectivity index (χ3n) is 6.06. The predicted octanol–water partition coefficient (Wildman–Crippen LogP) is 3.12. The molecule has 1 N–H and O–H groups in total. The minimum atomic E-state index is -0.412. The number of amides is 1. The molecule has 2 bridgehead atoms. The number of halogens is 1. The number of carbonyl (C=O) groups excluding carboxylic acids is 1. The van der Waals surface area contributed by atoms with Crippen LogP contribution in [0, 0.1) is 5.92 Å². The molecule has 6 nitrogen and oxygen atoms in total. The second-order valence-electron chi connectivity index (χ2n) is 8.06. The maximum atomic E-state index is 13.0. The number of H-pyrrole nitrogens is 1. The maximum absolute atomic E-state index is 13.0. The van der Waals surface area contributed by atoms with Gasteiger partial charge in [-0.2, -0.15) is 0 Å². The number of nitrogens with zero attached hydrogens (tertiary/aromatic N) is 2. The fraction of sp³-hybridized carbons (Fsp3) is 0.261. The van der Waals surface area contributed by atoms with Crippen molar-refractivity contribution >= 4 is 17.5 Å². The monoisotopic (exact) mass is 421 g/mol. The van der Waals surface area contributed by atoms with Crippen molar-refractivity contribution in [2.45, 2.75) is 18.9 Å². The molecule has 2 atom stereocenters. The lowest BCUT2D eigenvalue weighted by Crippen LogP contribution is -2.49. The first-order chi connectivity index (χ1) is 14.5. The van der Waals surface area contributed by atoms with E-state index in [1.54, 1.807) is 6.07 Å². The van der Waals surface area contributed by atoms with Crippen LogP contribution in [0.4, 0.5) is 0 Å². The summed E-state index contributed by atoms with van der Waals surface area (Å²) < 4.78 is 1.87. The Morgan fingerprint density at radius 1 is 1.00 bits per heavy atom. The number of fused-ring (bicyclic) bond motifs is 4. The SMILES string of the molecule is O=C(c1c[nH]c(=O)c(Cl)c1)N1C[C@@H]2C[C@H](C1)c1cc(-c3ccccc3)cc(=O)n1C2. The zero-order valence-corrected chi connectivity index (χ0v) is 16.9. The fourth-order valence-corrected chi connectivity index (χ4v) is 4.86. The van der Waals surface area contributed by atoms with E-state index in [0.29, 0.717) is 25.2 Å². The van der Waals surface area contributed by atoms with Crippen LogP contribution in [0.25, 0.3) is 11.1 Å². The Kier molecular flexibility index (Phi) is 4.59. The van der Waals surface area contributed by atoms with Gasteiger partial charge in [-0.1, -0.05) is 41.9 Å². The lowest BCUT2D eigenvalue weighted by molar-refractivity contribution is 0.0594. The van der Waals surface area contributed by atoms with E-state index >= 15 is 0 Å². The first-order valence-corrected chi connectivity index (χ1v) is 10.3. The zero-order valence-electron chi connectivity index (χ0n) is 16.2. The predicted molar refractivity (Wildman–Crippen MR) is 115 cm³/mol. The average molecular weight is 422 g/mol. The van der Waals surface area contributed by atoms with Crippen LogP contribution in [0.15, 0.2) is 64.3 Å². The molecule has 1 saturated heterocycles. The Morgan fingerprint density at radius 3 is 2.57 bits per heavy atom. The van der Waals surface area contributed by atoms with Crippen LogP contribution in [0.3, 0.4) is 0 Å². The zero-order chi connectivity index (χ0) is 20.8. The summed E-state index contributed by atoms with van der Waals surface area (Å²) >= 11 is 5.90. The van der Waals surface area contributed by atoms with Crippen LogP contribution in [0.5, 0.6) is 0 Å². The molecule has 7 heteroatoms. The number of benzene rings is 1. The molecule has 2 aliphatic rings. The van der Waals surface area contributed by atoms with Gasteiger partial charge in [-0.3, -0.25) is 14.4 Å². The highest BCUT2D eigenvalue weighted by atomic mass is 35.5. The van der Waals surface area contributed by atoms with Crippen molar-refractivity contribution in [1.82, 2.24) is 14.5 Å². The Balaban J connectivity index is 1.48. The summed E-state index contributed by atoms with van der Waals surface area (Å²) in [4.78, 5) is 41.7. The molecule has 5 rings (SSSR count). The third kappa shape index (κ3) is 3.27. The van der Waals surface area contributed by atoms with E-state index < -0.39 is 5.56 Å². The molecule has 2 aliphatic heterocycles. The van der Waals surface area contributed by atoms with Crippen molar-refractivity contribution in [3.05, 3.63) is 91.7 Å². The Morgan fingerprint density at radius 2 is 1.80 bits per heavy atom. The lowest BCUT2D eigenvalue weighted by atomic mass is 9.82. The number of likely N-dealkylation sites (tertiary alicyclic amines) is 1. The van der Waals surface area contributed by atoms with Gasteiger partial charge in [0.05, 0.1) is 5.56 Å². The number of carbonyl (C=O) groups is 1. The van der Waals surface area contributed by atoms with Crippen molar-refractivity contribution in [3.63, 3.8) is 0 Å².